The molecule has 1 saturated heterocycles. The third-order valence-corrected chi connectivity index (χ3v) is 6.08. The van der Waals surface area contributed by atoms with Crippen LogP contribution in [0.2, 0.25) is 0 Å². The van der Waals surface area contributed by atoms with Crippen LogP contribution in [0, 0.1) is 0 Å². The molecule has 0 radical (unpaired) electrons. The van der Waals surface area contributed by atoms with E-state index in [4.69, 9.17) is 13.3 Å². The molecule has 0 aromatic rings. The van der Waals surface area contributed by atoms with Gasteiger partial charge in [0.15, 0.2) is 0 Å². The highest BCUT2D eigenvalue weighted by Crippen LogP contribution is 2.11. The zero-order chi connectivity index (χ0) is 14.5. The van der Waals surface area contributed by atoms with Gasteiger partial charge in [0, 0.05) is 61.6 Å². The highest BCUT2D eigenvalue weighted by Gasteiger charge is 2.40. The molecule has 0 N–H and O–H groups in total. The van der Waals surface area contributed by atoms with Gasteiger partial charge < -0.3 is 23.1 Å². The SMILES string of the molecule is CO[Si](CN1CCN(C(=O)N(C)C)CC1)(OC)OC. The second-order valence-electron chi connectivity index (χ2n) is 4.74. The van der Waals surface area contributed by atoms with Crippen molar-refractivity contribution in [2.75, 3.05) is 67.8 Å². The predicted molar refractivity (Wildman–Crippen MR) is 73.9 cm³/mol. The number of hydrogen-bond donors (Lipinski definition) is 0. The van der Waals surface area contributed by atoms with Gasteiger partial charge in [-0.25, -0.2) is 4.79 Å². The fourth-order valence-electron chi connectivity index (χ4n) is 2.10. The Balaban J connectivity index is 2.48. The molecule has 0 saturated carbocycles. The molecule has 1 aliphatic rings. The number of urea groups is 1. The van der Waals surface area contributed by atoms with E-state index in [1.807, 2.05) is 4.90 Å². The Hall–Kier alpha value is -0.673. The van der Waals surface area contributed by atoms with Crippen molar-refractivity contribution in [2.24, 2.45) is 0 Å². The van der Waals surface area contributed by atoms with E-state index in [0.29, 0.717) is 6.17 Å². The summed E-state index contributed by atoms with van der Waals surface area (Å²) in [6.45, 7) is 3.06. The minimum Gasteiger partial charge on any atom is -0.376 e. The molecule has 112 valence electrons. The van der Waals surface area contributed by atoms with E-state index in [-0.39, 0.29) is 6.03 Å². The minimum atomic E-state index is -2.56. The van der Waals surface area contributed by atoms with Gasteiger partial charge in [-0.15, -0.1) is 0 Å². The fourth-order valence-corrected chi connectivity index (χ4v) is 3.85. The molecular formula is C11H25N3O4Si. The first kappa shape index (κ1) is 16.4. The topological polar surface area (TPSA) is 54.5 Å². The highest BCUT2D eigenvalue weighted by molar-refractivity contribution is 6.60. The minimum absolute atomic E-state index is 0.0633. The summed E-state index contributed by atoms with van der Waals surface area (Å²) >= 11 is 0. The summed E-state index contributed by atoms with van der Waals surface area (Å²) in [7, 11) is 5.83. The molecule has 0 bridgehead atoms. The normalized spacial score (nSPS) is 17.6. The number of hydrogen-bond acceptors (Lipinski definition) is 5. The molecular weight excluding hydrogens is 266 g/mol. The van der Waals surface area contributed by atoms with Crippen LogP contribution in [0.4, 0.5) is 4.79 Å². The third-order valence-electron chi connectivity index (χ3n) is 3.38. The van der Waals surface area contributed by atoms with Crippen LogP contribution in [-0.2, 0) is 13.3 Å². The van der Waals surface area contributed by atoms with Crippen LogP contribution in [0.1, 0.15) is 0 Å². The molecule has 2 amide bonds. The molecule has 1 rings (SSSR count). The lowest BCUT2D eigenvalue weighted by Gasteiger charge is -2.38. The molecule has 8 heteroatoms. The van der Waals surface area contributed by atoms with Gasteiger partial charge in [0.25, 0.3) is 0 Å². The van der Waals surface area contributed by atoms with Crippen molar-refractivity contribution < 1.29 is 18.1 Å². The summed E-state index contributed by atoms with van der Waals surface area (Å²) in [5.74, 6) is 0. The zero-order valence-electron chi connectivity index (χ0n) is 12.5. The molecule has 1 fully saturated rings. The lowest BCUT2D eigenvalue weighted by atomic mass is 10.3. The van der Waals surface area contributed by atoms with E-state index in [0.717, 1.165) is 26.2 Å². The summed E-state index contributed by atoms with van der Waals surface area (Å²) < 4.78 is 16.2. The average molecular weight is 291 g/mol. The maximum Gasteiger partial charge on any atom is 0.514 e. The van der Waals surface area contributed by atoms with Crippen molar-refractivity contribution in [3.63, 3.8) is 0 Å². The summed E-state index contributed by atoms with van der Waals surface area (Å²) in [6, 6.07) is 0.0633. The Morgan fingerprint density at radius 2 is 1.53 bits per heavy atom. The van der Waals surface area contributed by atoms with Crippen LogP contribution in [0.3, 0.4) is 0 Å². The first-order chi connectivity index (χ1) is 8.98. The molecule has 7 nitrogen and oxygen atoms in total. The standard InChI is InChI=1S/C11H25N3O4Si/c1-12(2)11(15)14-8-6-13(7-9-14)10-19(16-3,17-4)18-5/h6-10H2,1-5H3. The van der Waals surface area contributed by atoms with Gasteiger partial charge in [0.05, 0.1) is 6.17 Å². The summed E-state index contributed by atoms with van der Waals surface area (Å²) in [4.78, 5) is 17.5. The van der Waals surface area contributed by atoms with Crippen molar-refractivity contribution in [3.8, 4) is 0 Å². The molecule has 0 atom stereocenters. The van der Waals surface area contributed by atoms with Crippen molar-refractivity contribution in [2.45, 2.75) is 0 Å². The number of carbonyl (C=O) groups is 1. The molecule has 0 aromatic carbocycles. The first-order valence-corrected chi connectivity index (χ1v) is 8.25. The number of amides is 2. The van der Waals surface area contributed by atoms with Crippen LogP contribution in [0.15, 0.2) is 0 Å². The average Bonchev–Trinajstić information content (AvgIpc) is 2.45. The van der Waals surface area contributed by atoms with E-state index in [1.54, 1.807) is 40.3 Å². The predicted octanol–water partition coefficient (Wildman–Crippen LogP) is -0.297. The molecule has 1 heterocycles. The largest absolute Gasteiger partial charge is 0.514 e. The lowest BCUT2D eigenvalue weighted by molar-refractivity contribution is 0.0846. The van der Waals surface area contributed by atoms with E-state index in [1.165, 1.54) is 0 Å². The van der Waals surface area contributed by atoms with Gasteiger partial charge in [-0.05, 0) is 0 Å². The third kappa shape index (κ3) is 4.15. The first-order valence-electron chi connectivity index (χ1n) is 6.32. The Bertz CT molecular complexity index is 283. The molecule has 0 spiro atoms. The van der Waals surface area contributed by atoms with Crippen LogP contribution < -0.4 is 0 Å². The Morgan fingerprint density at radius 1 is 1.05 bits per heavy atom. The summed E-state index contributed by atoms with van der Waals surface area (Å²) in [6.07, 6.45) is 0.653. The van der Waals surface area contributed by atoms with Gasteiger partial charge in [-0.3, -0.25) is 4.90 Å². The number of nitrogens with zero attached hydrogens (tertiary/aromatic N) is 3. The van der Waals surface area contributed by atoms with Crippen molar-refractivity contribution in [1.29, 1.82) is 0 Å². The van der Waals surface area contributed by atoms with Crippen LogP contribution in [0.25, 0.3) is 0 Å². The van der Waals surface area contributed by atoms with Crippen molar-refractivity contribution in [1.82, 2.24) is 14.7 Å². The maximum atomic E-state index is 11.8. The van der Waals surface area contributed by atoms with Crippen LogP contribution in [-0.4, -0.2) is 97.3 Å². The zero-order valence-corrected chi connectivity index (χ0v) is 13.5. The monoisotopic (exact) mass is 291 g/mol. The Kier molecular flexibility index (Phi) is 6.21. The smallest absolute Gasteiger partial charge is 0.376 e. The van der Waals surface area contributed by atoms with E-state index >= 15 is 0 Å². The molecule has 1 aliphatic heterocycles. The van der Waals surface area contributed by atoms with Gasteiger partial charge in [-0.1, -0.05) is 0 Å². The Labute approximate surface area is 116 Å². The van der Waals surface area contributed by atoms with Gasteiger partial charge in [0.2, 0.25) is 0 Å². The van der Waals surface area contributed by atoms with Crippen LogP contribution >= 0.6 is 0 Å². The van der Waals surface area contributed by atoms with Crippen LogP contribution in [0.5, 0.6) is 0 Å². The van der Waals surface area contributed by atoms with E-state index < -0.39 is 8.80 Å². The second kappa shape index (κ2) is 7.20. The van der Waals surface area contributed by atoms with E-state index in [9.17, 15) is 4.79 Å². The molecule has 0 aliphatic carbocycles. The highest BCUT2D eigenvalue weighted by atomic mass is 28.4. The van der Waals surface area contributed by atoms with Crippen molar-refractivity contribution in [3.05, 3.63) is 0 Å². The maximum absolute atomic E-state index is 11.8. The number of carbonyl (C=O) groups excluding carboxylic acids is 1. The quantitative estimate of drug-likeness (QED) is 0.651. The molecule has 0 unspecified atom stereocenters. The lowest BCUT2D eigenvalue weighted by Crippen LogP contribution is -2.58. The fraction of sp³-hybridized carbons (Fsp3) is 0.909. The number of piperazine rings is 1. The van der Waals surface area contributed by atoms with Gasteiger partial charge in [-0.2, -0.15) is 0 Å². The van der Waals surface area contributed by atoms with Crippen molar-refractivity contribution >= 4 is 14.8 Å². The summed E-state index contributed by atoms with van der Waals surface area (Å²) in [5, 5.41) is 0. The summed E-state index contributed by atoms with van der Waals surface area (Å²) in [5.41, 5.74) is 0. The molecule has 0 aromatic heterocycles. The van der Waals surface area contributed by atoms with Gasteiger partial charge >= 0.3 is 14.8 Å². The van der Waals surface area contributed by atoms with E-state index in [2.05, 4.69) is 4.90 Å². The number of rotatable bonds is 5. The Morgan fingerprint density at radius 3 is 1.89 bits per heavy atom. The second-order valence-corrected chi connectivity index (χ2v) is 7.64. The molecule has 19 heavy (non-hydrogen) atoms. The van der Waals surface area contributed by atoms with Gasteiger partial charge in [0.1, 0.15) is 0 Å².